The normalized spacial score (nSPS) is 10.5. The van der Waals surface area contributed by atoms with Crippen molar-refractivity contribution in [2.24, 2.45) is 0 Å². The molecule has 0 unspecified atom stereocenters. The Bertz CT molecular complexity index is 222. The van der Waals surface area contributed by atoms with Crippen LogP contribution in [0.15, 0.2) is 6.20 Å². The highest BCUT2D eigenvalue weighted by Gasteiger charge is 1.97. The van der Waals surface area contributed by atoms with Gasteiger partial charge in [0.2, 0.25) is 0 Å². The average Bonchev–Trinajstić information content (AvgIpc) is 2.46. The van der Waals surface area contributed by atoms with E-state index in [1.807, 2.05) is 13.1 Å². The molecule has 12 heavy (non-hydrogen) atoms. The topological polar surface area (TPSA) is 49.9 Å². The molecule has 0 saturated carbocycles. The number of H-pyrrole nitrogens is 1. The molecule has 68 valence electrons. The Morgan fingerprint density at radius 3 is 3.08 bits per heavy atom. The molecule has 0 aromatic carbocycles. The van der Waals surface area contributed by atoms with Gasteiger partial charge in [0.15, 0.2) is 0 Å². The van der Waals surface area contributed by atoms with Gasteiger partial charge in [-0.3, -0.25) is 5.10 Å². The fraction of sp³-hybridized carbons (Fsp3) is 0.625. The molecule has 4 nitrogen and oxygen atoms in total. The lowest BCUT2D eigenvalue weighted by molar-refractivity contribution is 0.199. The molecule has 0 aliphatic heterocycles. The average molecular weight is 169 g/mol. The zero-order valence-corrected chi connectivity index (χ0v) is 7.55. The third kappa shape index (κ3) is 2.64. The maximum Gasteiger partial charge on any atom is 0.0587 e. The van der Waals surface area contributed by atoms with Crippen molar-refractivity contribution >= 4 is 0 Å². The molecular formula is C8H15N3O. The summed E-state index contributed by atoms with van der Waals surface area (Å²) in [5, 5.41) is 10.1. The van der Waals surface area contributed by atoms with Crippen molar-refractivity contribution in [3.8, 4) is 0 Å². The molecule has 0 atom stereocenters. The number of aryl methyl sites for hydroxylation is 1. The Morgan fingerprint density at radius 2 is 2.50 bits per heavy atom. The van der Waals surface area contributed by atoms with Gasteiger partial charge in [-0.25, -0.2) is 0 Å². The molecule has 0 amide bonds. The van der Waals surface area contributed by atoms with Crippen molar-refractivity contribution < 1.29 is 4.74 Å². The van der Waals surface area contributed by atoms with Crippen molar-refractivity contribution in [3.05, 3.63) is 17.5 Å². The largest absolute Gasteiger partial charge is 0.383 e. The molecule has 0 aliphatic carbocycles. The summed E-state index contributed by atoms with van der Waals surface area (Å²) in [6, 6.07) is 0. The maximum atomic E-state index is 4.91. The second kappa shape index (κ2) is 4.90. The van der Waals surface area contributed by atoms with E-state index in [-0.39, 0.29) is 0 Å². The number of nitrogens with one attached hydrogen (secondary N) is 2. The van der Waals surface area contributed by atoms with Crippen LogP contribution in [0.5, 0.6) is 0 Å². The minimum Gasteiger partial charge on any atom is -0.383 e. The van der Waals surface area contributed by atoms with Gasteiger partial charge >= 0.3 is 0 Å². The van der Waals surface area contributed by atoms with Crippen LogP contribution in [0.1, 0.15) is 11.3 Å². The molecule has 1 rings (SSSR count). The first kappa shape index (κ1) is 9.22. The van der Waals surface area contributed by atoms with Crippen molar-refractivity contribution in [1.29, 1.82) is 0 Å². The summed E-state index contributed by atoms with van der Waals surface area (Å²) in [5.74, 6) is 0. The second-order valence-corrected chi connectivity index (χ2v) is 2.69. The highest BCUT2D eigenvalue weighted by molar-refractivity contribution is 5.13. The monoisotopic (exact) mass is 169 g/mol. The lowest BCUT2D eigenvalue weighted by Crippen LogP contribution is -2.18. The molecule has 0 bridgehead atoms. The van der Waals surface area contributed by atoms with Gasteiger partial charge in [0.1, 0.15) is 0 Å². The zero-order chi connectivity index (χ0) is 8.81. The van der Waals surface area contributed by atoms with Gasteiger partial charge in [0, 0.05) is 31.5 Å². The SMILES string of the molecule is COCCNCc1cn[nH]c1C. The molecule has 0 aliphatic rings. The maximum absolute atomic E-state index is 4.91. The summed E-state index contributed by atoms with van der Waals surface area (Å²) < 4.78 is 4.91. The molecule has 2 N–H and O–H groups in total. The third-order valence-electron chi connectivity index (χ3n) is 1.73. The predicted octanol–water partition coefficient (Wildman–Crippen LogP) is 0.454. The molecule has 0 fully saturated rings. The number of rotatable bonds is 5. The Labute approximate surface area is 72.3 Å². The van der Waals surface area contributed by atoms with Crippen LogP contribution in [0.25, 0.3) is 0 Å². The van der Waals surface area contributed by atoms with E-state index in [1.165, 1.54) is 5.56 Å². The van der Waals surface area contributed by atoms with Crippen molar-refractivity contribution in [2.75, 3.05) is 20.3 Å². The van der Waals surface area contributed by atoms with E-state index in [0.717, 1.165) is 25.4 Å². The van der Waals surface area contributed by atoms with E-state index in [2.05, 4.69) is 15.5 Å². The van der Waals surface area contributed by atoms with E-state index in [4.69, 9.17) is 4.74 Å². The Kier molecular flexibility index (Phi) is 3.76. The van der Waals surface area contributed by atoms with E-state index >= 15 is 0 Å². The summed E-state index contributed by atoms with van der Waals surface area (Å²) in [6.07, 6.45) is 1.84. The van der Waals surface area contributed by atoms with Gasteiger partial charge in [-0.15, -0.1) is 0 Å². The number of methoxy groups -OCH3 is 1. The fourth-order valence-corrected chi connectivity index (χ4v) is 0.951. The minimum atomic E-state index is 0.747. The zero-order valence-electron chi connectivity index (χ0n) is 7.55. The van der Waals surface area contributed by atoms with Crippen LogP contribution in [-0.2, 0) is 11.3 Å². The summed E-state index contributed by atoms with van der Waals surface area (Å²) in [5.41, 5.74) is 2.34. The van der Waals surface area contributed by atoms with Crippen molar-refractivity contribution in [2.45, 2.75) is 13.5 Å². The standard InChI is InChI=1S/C8H15N3O/c1-7-8(6-10-11-7)5-9-3-4-12-2/h6,9H,3-5H2,1-2H3,(H,10,11). The van der Waals surface area contributed by atoms with E-state index in [0.29, 0.717) is 0 Å². The van der Waals surface area contributed by atoms with Crippen LogP contribution >= 0.6 is 0 Å². The van der Waals surface area contributed by atoms with Gasteiger partial charge in [-0.1, -0.05) is 0 Å². The summed E-state index contributed by atoms with van der Waals surface area (Å²) >= 11 is 0. The molecular weight excluding hydrogens is 154 g/mol. The molecule has 1 aromatic rings. The van der Waals surface area contributed by atoms with Crippen LogP contribution in [-0.4, -0.2) is 30.5 Å². The summed E-state index contributed by atoms with van der Waals surface area (Å²) in [4.78, 5) is 0. The second-order valence-electron chi connectivity index (χ2n) is 2.69. The number of aromatic nitrogens is 2. The summed E-state index contributed by atoms with van der Waals surface area (Å²) in [6.45, 7) is 4.49. The first-order valence-electron chi connectivity index (χ1n) is 4.03. The lowest BCUT2D eigenvalue weighted by Gasteiger charge is -2.01. The first-order chi connectivity index (χ1) is 5.84. The quantitative estimate of drug-likeness (QED) is 0.629. The van der Waals surface area contributed by atoms with E-state index in [9.17, 15) is 0 Å². The van der Waals surface area contributed by atoms with Gasteiger partial charge < -0.3 is 10.1 Å². The van der Waals surface area contributed by atoms with Gasteiger partial charge in [-0.05, 0) is 6.92 Å². The Morgan fingerprint density at radius 1 is 1.67 bits per heavy atom. The molecule has 1 heterocycles. The predicted molar refractivity (Wildman–Crippen MR) is 46.9 cm³/mol. The number of hydrogen-bond acceptors (Lipinski definition) is 3. The third-order valence-corrected chi connectivity index (χ3v) is 1.73. The molecule has 4 heteroatoms. The first-order valence-corrected chi connectivity index (χ1v) is 4.03. The van der Waals surface area contributed by atoms with Gasteiger partial charge in [0.25, 0.3) is 0 Å². The fourth-order valence-electron chi connectivity index (χ4n) is 0.951. The summed E-state index contributed by atoms with van der Waals surface area (Å²) in [7, 11) is 1.70. The molecule has 1 aromatic heterocycles. The van der Waals surface area contributed by atoms with Crippen LogP contribution in [0.4, 0.5) is 0 Å². The number of aromatic amines is 1. The van der Waals surface area contributed by atoms with Crippen LogP contribution in [0.2, 0.25) is 0 Å². The Balaban J connectivity index is 2.20. The van der Waals surface area contributed by atoms with Crippen LogP contribution in [0, 0.1) is 6.92 Å². The van der Waals surface area contributed by atoms with E-state index < -0.39 is 0 Å². The highest BCUT2D eigenvalue weighted by atomic mass is 16.5. The smallest absolute Gasteiger partial charge is 0.0587 e. The Hall–Kier alpha value is -0.870. The van der Waals surface area contributed by atoms with Gasteiger partial charge in [0.05, 0.1) is 12.8 Å². The van der Waals surface area contributed by atoms with Gasteiger partial charge in [-0.2, -0.15) is 5.10 Å². The molecule has 0 spiro atoms. The minimum absolute atomic E-state index is 0.747. The number of hydrogen-bond donors (Lipinski definition) is 2. The highest BCUT2D eigenvalue weighted by Crippen LogP contribution is 2.00. The van der Waals surface area contributed by atoms with Crippen molar-refractivity contribution in [3.63, 3.8) is 0 Å². The molecule has 0 radical (unpaired) electrons. The van der Waals surface area contributed by atoms with Crippen LogP contribution in [0.3, 0.4) is 0 Å². The van der Waals surface area contributed by atoms with Crippen LogP contribution < -0.4 is 5.32 Å². The van der Waals surface area contributed by atoms with E-state index in [1.54, 1.807) is 7.11 Å². The number of nitrogens with zero attached hydrogens (tertiary/aromatic N) is 1. The number of ether oxygens (including phenoxy) is 1. The molecule has 0 saturated heterocycles. The lowest BCUT2D eigenvalue weighted by atomic mass is 10.3. The van der Waals surface area contributed by atoms with Crippen molar-refractivity contribution in [1.82, 2.24) is 15.5 Å².